The maximum atomic E-state index is 12.5. The van der Waals surface area contributed by atoms with Crippen molar-refractivity contribution in [3.63, 3.8) is 0 Å². The van der Waals surface area contributed by atoms with Crippen LogP contribution in [0.5, 0.6) is 11.5 Å². The second-order valence-electron chi connectivity index (χ2n) is 7.17. The summed E-state index contributed by atoms with van der Waals surface area (Å²) in [6.45, 7) is 3.73. The number of methoxy groups -OCH3 is 1. The second kappa shape index (κ2) is 10.3. The van der Waals surface area contributed by atoms with E-state index in [1.807, 2.05) is 56.3 Å². The number of amides is 2. The van der Waals surface area contributed by atoms with E-state index in [0.29, 0.717) is 22.7 Å². The van der Waals surface area contributed by atoms with E-state index in [-0.39, 0.29) is 24.5 Å². The van der Waals surface area contributed by atoms with Gasteiger partial charge in [0.2, 0.25) is 0 Å². The normalized spacial score (nSPS) is 11.3. The van der Waals surface area contributed by atoms with Crippen LogP contribution in [0.2, 0.25) is 0 Å². The minimum Gasteiger partial charge on any atom is -0.493 e. The van der Waals surface area contributed by atoms with E-state index >= 15 is 0 Å². The van der Waals surface area contributed by atoms with Crippen molar-refractivity contribution in [2.45, 2.75) is 19.9 Å². The van der Waals surface area contributed by atoms with Crippen LogP contribution in [0.25, 0.3) is 0 Å². The summed E-state index contributed by atoms with van der Waals surface area (Å²) in [6.07, 6.45) is 0. The molecule has 0 radical (unpaired) electrons. The lowest BCUT2D eigenvalue weighted by Gasteiger charge is -2.14. The van der Waals surface area contributed by atoms with Gasteiger partial charge in [-0.05, 0) is 61.4 Å². The van der Waals surface area contributed by atoms with E-state index in [2.05, 4.69) is 10.6 Å². The molecule has 0 bridgehead atoms. The van der Waals surface area contributed by atoms with Crippen LogP contribution >= 0.6 is 0 Å². The third kappa shape index (κ3) is 6.09. The van der Waals surface area contributed by atoms with E-state index in [0.717, 1.165) is 11.1 Å². The van der Waals surface area contributed by atoms with Gasteiger partial charge in [-0.15, -0.1) is 0 Å². The number of rotatable bonds is 8. The molecule has 0 saturated carbocycles. The maximum absolute atomic E-state index is 12.5. The summed E-state index contributed by atoms with van der Waals surface area (Å²) in [7, 11) is 1.56. The molecule has 0 spiro atoms. The first kappa shape index (κ1) is 21.9. The Hall–Kier alpha value is -3.80. The highest BCUT2D eigenvalue weighted by atomic mass is 16.5. The van der Waals surface area contributed by atoms with Crippen LogP contribution in [-0.2, 0) is 4.79 Å². The van der Waals surface area contributed by atoms with Crippen molar-refractivity contribution in [3.8, 4) is 11.5 Å². The molecule has 6 nitrogen and oxygen atoms in total. The van der Waals surface area contributed by atoms with Gasteiger partial charge in [-0.25, -0.2) is 0 Å². The monoisotopic (exact) mass is 418 g/mol. The van der Waals surface area contributed by atoms with E-state index in [1.54, 1.807) is 37.4 Å². The minimum atomic E-state index is -0.308. The molecule has 0 aromatic heterocycles. The van der Waals surface area contributed by atoms with Gasteiger partial charge in [0.15, 0.2) is 18.1 Å². The number of ether oxygens (including phenoxy) is 2. The first-order valence-electron chi connectivity index (χ1n) is 9.99. The number of nitrogens with one attached hydrogen (secondary N) is 2. The zero-order chi connectivity index (χ0) is 22.2. The van der Waals surface area contributed by atoms with Crippen molar-refractivity contribution >= 4 is 17.5 Å². The van der Waals surface area contributed by atoms with Gasteiger partial charge in [-0.1, -0.05) is 36.4 Å². The zero-order valence-electron chi connectivity index (χ0n) is 17.8. The lowest BCUT2D eigenvalue weighted by molar-refractivity contribution is -0.118. The molecule has 2 amide bonds. The summed E-state index contributed by atoms with van der Waals surface area (Å²) in [5.41, 5.74) is 3.17. The van der Waals surface area contributed by atoms with E-state index in [9.17, 15) is 9.59 Å². The average molecular weight is 418 g/mol. The SMILES string of the molecule is COc1cc(C)ccc1OCC(=O)Nc1ccc(C(=O)NC(C)c2ccccc2)cc1. The van der Waals surface area contributed by atoms with Gasteiger partial charge in [0, 0.05) is 11.3 Å². The predicted octanol–water partition coefficient (Wildman–Crippen LogP) is 4.51. The highest BCUT2D eigenvalue weighted by Crippen LogP contribution is 2.27. The molecule has 0 heterocycles. The maximum Gasteiger partial charge on any atom is 0.262 e. The first-order chi connectivity index (χ1) is 15.0. The fourth-order valence-electron chi connectivity index (χ4n) is 3.04. The molecule has 1 unspecified atom stereocenters. The number of carbonyl (C=O) groups excluding carboxylic acids is 2. The Labute approximate surface area is 182 Å². The largest absolute Gasteiger partial charge is 0.493 e. The Morgan fingerprint density at radius 1 is 0.935 bits per heavy atom. The Bertz CT molecular complexity index is 1030. The van der Waals surface area contributed by atoms with Gasteiger partial charge in [0.25, 0.3) is 11.8 Å². The van der Waals surface area contributed by atoms with Crippen molar-refractivity contribution < 1.29 is 19.1 Å². The van der Waals surface area contributed by atoms with Gasteiger partial charge in [-0.3, -0.25) is 9.59 Å². The molecule has 31 heavy (non-hydrogen) atoms. The summed E-state index contributed by atoms with van der Waals surface area (Å²) in [5, 5.41) is 5.73. The topological polar surface area (TPSA) is 76.7 Å². The number of hydrogen-bond acceptors (Lipinski definition) is 4. The minimum absolute atomic E-state index is 0.107. The van der Waals surface area contributed by atoms with Crippen LogP contribution in [0, 0.1) is 6.92 Å². The number of aryl methyl sites for hydroxylation is 1. The zero-order valence-corrected chi connectivity index (χ0v) is 17.8. The molecule has 160 valence electrons. The summed E-state index contributed by atoms with van der Waals surface area (Å²) in [6, 6.07) is 21.9. The van der Waals surface area contributed by atoms with Crippen molar-refractivity contribution in [3.05, 3.63) is 89.5 Å². The highest BCUT2D eigenvalue weighted by Gasteiger charge is 2.12. The molecule has 0 saturated heterocycles. The van der Waals surface area contributed by atoms with Gasteiger partial charge in [0.05, 0.1) is 13.2 Å². The standard InChI is InChI=1S/C25H26N2O4/c1-17-9-14-22(23(15-17)30-3)31-16-24(28)27-21-12-10-20(11-13-21)25(29)26-18(2)19-7-5-4-6-8-19/h4-15,18H,16H2,1-3H3,(H,26,29)(H,27,28). The first-order valence-corrected chi connectivity index (χ1v) is 9.99. The number of carbonyl (C=O) groups is 2. The van der Waals surface area contributed by atoms with Crippen LogP contribution in [0.1, 0.15) is 34.5 Å². The molecule has 0 fully saturated rings. The molecule has 0 aliphatic heterocycles. The lowest BCUT2D eigenvalue weighted by atomic mass is 10.1. The van der Waals surface area contributed by atoms with Crippen molar-refractivity contribution in [1.82, 2.24) is 5.32 Å². The van der Waals surface area contributed by atoms with Crippen molar-refractivity contribution in [2.24, 2.45) is 0 Å². The Balaban J connectivity index is 1.53. The van der Waals surface area contributed by atoms with Gasteiger partial charge < -0.3 is 20.1 Å². The third-order valence-electron chi connectivity index (χ3n) is 4.76. The van der Waals surface area contributed by atoms with Gasteiger partial charge in [0.1, 0.15) is 0 Å². The van der Waals surface area contributed by atoms with Crippen LogP contribution in [0.15, 0.2) is 72.8 Å². The molecule has 2 N–H and O–H groups in total. The smallest absolute Gasteiger partial charge is 0.262 e. The molecule has 6 heteroatoms. The average Bonchev–Trinajstić information content (AvgIpc) is 2.79. The number of anilines is 1. The fraction of sp³-hybridized carbons (Fsp3) is 0.200. The molecule has 0 aliphatic rings. The van der Waals surface area contributed by atoms with E-state index < -0.39 is 0 Å². The van der Waals surface area contributed by atoms with Gasteiger partial charge in [-0.2, -0.15) is 0 Å². The highest BCUT2D eigenvalue weighted by molar-refractivity contribution is 5.96. The third-order valence-corrected chi connectivity index (χ3v) is 4.76. The summed E-state index contributed by atoms with van der Waals surface area (Å²) < 4.78 is 10.8. The predicted molar refractivity (Wildman–Crippen MR) is 121 cm³/mol. The van der Waals surface area contributed by atoms with Crippen LogP contribution in [0.3, 0.4) is 0 Å². The summed E-state index contributed by atoms with van der Waals surface area (Å²) >= 11 is 0. The molecule has 0 aliphatic carbocycles. The number of benzene rings is 3. The Morgan fingerprint density at radius 3 is 2.32 bits per heavy atom. The summed E-state index contributed by atoms with van der Waals surface area (Å²) in [5.74, 6) is 0.595. The van der Waals surface area contributed by atoms with Crippen LogP contribution in [0.4, 0.5) is 5.69 Å². The van der Waals surface area contributed by atoms with Crippen LogP contribution in [-0.4, -0.2) is 25.5 Å². The van der Waals surface area contributed by atoms with E-state index in [1.165, 1.54) is 0 Å². The second-order valence-corrected chi connectivity index (χ2v) is 7.17. The fourth-order valence-corrected chi connectivity index (χ4v) is 3.04. The molecule has 1 atom stereocenters. The molecular formula is C25H26N2O4. The quantitative estimate of drug-likeness (QED) is 0.564. The number of hydrogen-bond donors (Lipinski definition) is 2. The Kier molecular flexibility index (Phi) is 7.27. The summed E-state index contributed by atoms with van der Waals surface area (Å²) in [4.78, 5) is 24.7. The van der Waals surface area contributed by atoms with Crippen LogP contribution < -0.4 is 20.1 Å². The molecule has 3 aromatic rings. The molecule has 3 aromatic carbocycles. The Morgan fingerprint density at radius 2 is 1.65 bits per heavy atom. The van der Waals surface area contributed by atoms with Gasteiger partial charge >= 0.3 is 0 Å². The van der Waals surface area contributed by atoms with Crippen molar-refractivity contribution in [1.29, 1.82) is 0 Å². The lowest BCUT2D eigenvalue weighted by Crippen LogP contribution is -2.26. The molecule has 3 rings (SSSR count). The van der Waals surface area contributed by atoms with Crippen molar-refractivity contribution in [2.75, 3.05) is 19.0 Å². The molecular weight excluding hydrogens is 392 g/mol. The van der Waals surface area contributed by atoms with E-state index in [4.69, 9.17) is 9.47 Å².